The molecule has 0 radical (unpaired) electrons. The fourth-order valence-corrected chi connectivity index (χ4v) is 4.00. The van der Waals surface area contributed by atoms with Crippen molar-refractivity contribution in [1.82, 2.24) is 4.90 Å². The summed E-state index contributed by atoms with van der Waals surface area (Å²) in [6, 6.07) is 0. The van der Waals surface area contributed by atoms with E-state index in [1.165, 1.54) is 122 Å². The molecular weight excluding hydrogens is 314 g/mol. The Hall–Kier alpha value is -0.0400. The molecule has 158 valence electrons. The lowest BCUT2D eigenvalue weighted by molar-refractivity contribution is 0.103. The Bertz CT molecular complexity index is 253. The molecule has 0 aromatic heterocycles. The topological polar surface area (TPSA) is 3.24 Å². The SMILES string of the molecule is CCCCCCCCCN(CCCCCCCCC)C(C)(C)CCCC. The van der Waals surface area contributed by atoms with E-state index < -0.39 is 0 Å². The molecule has 0 aromatic carbocycles. The van der Waals surface area contributed by atoms with Crippen LogP contribution in [-0.4, -0.2) is 23.5 Å². The van der Waals surface area contributed by atoms with Gasteiger partial charge in [-0.05, 0) is 46.2 Å². The van der Waals surface area contributed by atoms with Gasteiger partial charge in [0.15, 0.2) is 0 Å². The van der Waals surface area contributed by atoms with E-state index in [0.717, 1.165) is 0 Å². The number of nitrogens with zero attached hydrogens (tertiary/aromatic N) is 1. The van der Waals surface area contributed by atoms with Crippen LogP contribution in [-0.2, 0) is 0 Å². The molecule has 0 aliphatic rings. The predicted molar refractivity (Wildman–Crippen MR) is 121 cm³/mol. The van der Waals surface area contributed by atoms with Crippen molar-refractivity contribution in [3.8, 4) is 0 Å². The van der Waals surface area contributed by atoms with Crippen molar-refractivity contribution in [2.45, 2.75) is 149 Å². The third-order valence-corrected chi connectivity index (χ3v) is 6.06. The standard InChI is InChI=1S/C25H53N/c1-6-9-12-14-16-18-20-23-26(25(4,5)22-11-8-3)24-21-19-17-15-13-10-7-2/h6-24H2,1-5H3. The second kappa shape index (κ2) is 18.3. The van der Waals surface area contributed by atoms with Crippen molar-refractivity contribution >= 4 is 0 Å². The molecular formula is C25H53N. The first-order valence-electron chi connectivity index (χ1n) is 12.3. The predicted octanol–water partition coefficient (Wildman–Crippen LogP) is 8.76. The Balaban J connectivity index is 4.09. The van der Waals surface area contributed by atoms with Crippen molar-refractivity contribution in [3.63, 3.8) is 0 Å². The Morgan fingerprint density at radius 3 is 1.19 bits per heavy atom. The van der Waals surface area contributed by atoms with Gasteiger partial charge in [0.25, 0.3) is 0 Å². The summed E-state index contributed by atoms with van der Waals surface area (Å²) in [6.45, 7) is 14.6. The van der Waals surface area contributed by atoms with Gasteiger partial charge < -0.3 is 0 Å². The first-order chi connectivity index (χ1) is 12.6. The minimum absolute atomic E-state index is 0.389. The van der Waals surface area contributed by atoms with E-state index in [0.29, 0.717) is 5.54 Å². The van der Waals surface area contributed by atoms with Crippen LogP contribution in [0.15, 0.2) is 0 Å². The van der Waals surface area contributed by atoms with Crippen molar-refractivity contribution < 1.29 is 0 Å². The summed E-state index contributed by atoms with van der Waals surface area (Å²) in [5.41, 5.74) is 0.389. The summed E-state index contributed by atoms with van der Waals surface area (Å²) in [6.07, 6.45) is 24.0. The summed E-state index contributed by atoms with van der Waals surface area (Å²) < 4.78 is 0. The highest BCUT2D eigenvalue weighted by Gasteiger charge is 2.25. The zero-order valence-electron chi connectivity index (χ0n) is 19.4. The minimum atomic E-state index is 0.389. The monoisotopic (exact) mass is 367 g/mol. The number of unbranched alkanes of at least 4 members (excludes halogenated alkanes) is 13. The average Bonchev–Trinajstić information content (AvgIpc) is 2.63. The Labute approximate surface area is 167 Å². The van der Waals surface area contributed by atoms with Gasteiger partial charge >= 0.3 is 0 Å². The van der Waals surface area contributed by atoms with Crippen LogP contribution in [0.25, 0.3) is 0 Å². The number of hydrogen-bond acceptors (Lipinski definition) is 1. The van der Waals surface area contributed by atoms with Gasteiger partial charge in [-0.3, -0.25) is 4.90 Å². The van der Waals surface area contributed by atoms with E-state index in [1.807, 2.05) is 0 Å². The highest BCUT2D eigenvalue weighted by Crippen LogP contribution is 2.23. The Morgan fingerprint density at radius 1 is 0.462 bits per heavy atom. The van der Waals surface area contributed by atoms with Crippen molar-refractivity contribution in [2.75, 3.05) is 13.1 Å². The molecule has 0 unspecified atom stereocenters. The van der Waals surface area contributed by atoms with E-state index in [-0.39, 0.29) is 0 Å². The first-order valence-corrected chi connectivity index (χ1v) is 12.3. The zero-order chi connectivity index (χ0) is 19.5. The van der Waals surface area contributed by atoms with Crippen LogP contribution in [0.4, 0.5) is 0 Å². The van der Waals surface area contributed by atoms with Crippen LogP contribution >= 0.6 is 0 Å². The van der Waals surface area contributed by atoms with Crippen LogP contribution in [0, 0.1) is 0 Å². The third kappa shape index (κ3) is 15.1. The highest BCUT2D eigenvalue weighted by molar-refractivity contribution is 4.81. The summed E-state index contributed by atoms with van der Waals surface area (Å²) in [7, 11) is 0. The molecule has 0 spiro atoms. The maximum Gasteiger partial charge on any atom is 0.0153 e. The summed E-state index contributed by atoms with van der Waals surface area (Å²) in [4.78, 5) is 2.83. The summed E-state index contributed by atoms with van der Waals surface area (Å²) >= 11 is 0. The highest BCUT2D eigenvalue weighted by atomic mass is 15.2. The molecule has 0 amide bonds. The molecule has 0 atom stereocenters. The van der Waals surface area contributed by atoms with Crippen LogP contribution in [0.2, 0.25) is 0 Å². The number of rotatable bonds is 20. The molecule has 0 heterocycles. The second-order valence-corrected chi connectivity index (χ2v) is 9.15. The molecule has 1 heteroatoms. The molecule has 0 fully saturated rings. The van der Waals surface area contributed by atoms with E-state index >= 15 is 0 Å². The van der Waals surface area contributed by atoms with Crippen LogP contribution < -0.4 is 0 Å². The van der Waals surface area contributed by atoms with E-state index in [9.17, 15) is 0 Å². The van der Waals surface area contributed by atoms with Gasteiger partial charge in [-0.25, -0.2) is 0 Å². The van der Waals surface area contributed by atoms with Gasteiger partial charge in [0.2, 0.25) is 0 Å². The smallest absolute Gasteiger partial charge is 0.0153 e. The lowest BCUT2D eigenvalue weighted by Gasteiger charge is -2.39. The minimum Gasteiger partial charge on any atom is -0.298 e. The third-order valence-electron chi connectivity index (χ3n) is 6.06. The van der Waals surface area contributed by atoms with E-state index in [1.54, 1.807) is 0 Å². The fourth-order valence-electron chi connectivity index (χ4n) is 4.00. The molecule has 0 bridgehead atoms. The lowest BCUT2D eigenvalue weighted by atomic mass is 9.94. The van der Waals surface area contributed by atoms with Crippen LogP contribution in [0.3, 0.4) is 0 Å². The quantitative estimate of drug-likeness (QED) is 0.194. The molecule has 0 rings (SSSR count). The van der Waals surface area contributed by atoms with Gasteiger partial charge in [-0.1, -0.05) is 111 Å². The van der Waals surface area contributed by atoms with Crippen molar-refractivity contribution in [1.29, 1.82) is 0 Å². The van der Waals surface area contributed by atoms with Crippen molar-refractivity contribution in [3.05, 3.63) is 0 Å². The molecule has 0 aliphatic heterocycles. The molecule has 0 saturated heterocycles. The first kappa shape index (κ1) is 26.0. The van der Waals surface area contributed by atoms with Gasteiger partial charge in [-0.15, -0.1) is 0 Å². The molecule has 26 heavy (non-hydrogen) atoms. The maximum atomic E-state index is 2.83. The molecule has 0 aliphatic carbocycles. The van der Waals surface area contributed by atoms with Crippen LogP contribution in [0.5, 0.6) is 0 Å². The van der Waals surface area contributed by atoms with Crippen molar-refractivity contribution in [2.24, 2.45) is 0 Å². The van der Waals surface area contributed by atoms with Gasteiger partial charge in [0.05, 0.1) is 0 Å². The van der Waals surface area contributed by atoms with Gasteiger partial charge in [0, 0.05) is 5.54 Å². The van der Waals surface area contributed by atoms with E-state index in [2.05, 4.69) is 39.5 Å². The Kier molecular flexibility index (Phi) is 18.3. The van der Waals surface area contributed by atoms with Crippen LogP contribution in [0.1, 0.15) is 144 Å². The Morgan fingerprint density at radius 2 is 0.808 bits per heavy atom. The number of hydrogen-bond donors (Lipinski definition) is 0. The molecule has 1 nitrogen and oxygen atoms in total. The molecule has 0 aromatic rings. The lowest BCUT2D eigenvalue weighted by Crippen LogP contribution is -2.45. The van der Waals surface area contributed by atoms with Gasteiger partial charge in [-0.2, -0.15) is 0 Å². The summed E-state index contributed by atoms with van der Waals surface area (Å²) in [5, 5.41) is 0. The second-order valence-electron chi connectivity index (χ2n) is 9.15. The van der Waals surface area contributed by atoms with E-state index in [4.69, 9.17) is 0 Å². The largest absolute Gasteiger partial charge is 0.298 e. The zero-order valence-corrected chi connectivity index (χ0v) is 19.4. The molecule has 0 N–H and O–H groups in total. The molecule has 0 saturated carbocycles. The van der Waals surface area contributed by atoms with Gasteiger partial charge in [0.1, 0.15) is 0 Å². The normalized spacial score (nSPS) is 12.2. The maximum absolute atomic E-state index is 2.83. The average molecular weight is 368 g/mol. The fraction of sp³-hybridized carbons (Fsp3) is 1.00. The summed E-state index contributed by atoms with van der Waals surface area (Å²) in [5.74, 6) is 0.